The van der Waals surface area contributed by atoms with Crippen molar-refractivity contribution >= 4 is 34.9 Å². The van der Waals surface area contributed by atoms with Crippen LogP contribution < -0.4 is 15.4 Å². The second-order valence-electron chi connectivity index (χ2n) is 7.78. The summed E-state index contributed by atoms with van der Waals surface area (Å²) in [5.41, 5.74) is 1.32. The molecule has 0 aliphatic rings. The third-order valence-corrected chi connectivity index (χ3v) is 5.18. The van der Waals surface area contributed by atoms with Gasteiger partial charge in [0.2, 0.25) is 5.91 Å². The van der Waals surface area contributed by atoms with E-state index in [1.807, 2.05) is 0 Å². The lowest BCUT2D eigenvalue weighted by molar-refractivity contribution is -0.116. The molecule has 0 atom stereocenters. The Hall–Kier alpha value is -4.46. The molecule has 0 heterocycles. The molecular formula is C27H26N2O6. The van der Waals surface area contributed by atoms with Gasteiger partial charge in [0.05, 0.1) is 29.1 Å². The number of anilines is 2. The van der Waals surface area contributed by atoms with Gasteiger partial charge in [-0.05, 0) is 68.3 Å². The van der Waals surface area contributed by atoms with E-state index in [1.165, 1.54) is 19.1 Å². The van der Waals surface area contributed by atoms with E-state index >= 15 is 0 Å². The fourth-order valence-corrected chi connectivity index (χ4v) is 3.33. The summed E-state index contributed by atoms with van der Waals surface area (Å²) in [5.74, 6) is -1.28. The molecule has 180 valence electrons. The highest BCUT2D eigenvalue weighted by Gasteiger charge is 2.16. The Balaban J connectivity index is 1.50. The van der Waals surface area contributed by atoms with Crippen molar-refractivity contribution in [2.45, 2.75) is 26.2 Å². The predicted molar refractivity (Wildman–Crippen MR) is 132 cm³/mol. The number of unbranched alkanes of at least 4 members (excludes halogenated alkanes) is 1. The number of carbonyl (C=O) groups is 4. The van der Waals surface area contributed by atoms with Crippen LogP contribution in [0.5, 0.6) is 5.75 Å². The first kappa shape index (κ1) is 25.2. The van der Waals surface area contributed by atoms with Crippen LogP contribution >= 0.6 is 0 Å². The summed E-state index contributed by atoms with van der Waals surface area (Å²) in [6.07, 6.45) is 1.47. The van der Waals surface area contributed by atoms with E-state index < -0.39 is 11.9 Å². The van der Waals surface area contributed by atoms with Crippen LogP contribution in [0.4, 0.5) is 11.4 Å². The van der Waals surface area contributed by atoms with Gasteiger partial charge in [0, 0.05) is 12.0 Å². The number of carbonyl (C=O) groups excluding carboxylic acids is 3. The van der Waals surface area contributed by atoms with Crippen molar-refractivity contribution in [1.29, 1.82) is 0 Å². The second kappa shape index (κ2) is 12.1. The lowest BCUT2D eigenvalue weighted by Gasteiger charge is -2.13. The van der Waals surface area contributed by atoms with E-state index in [9.17, 15) is 24.3 Å². The minimum Gasteiger partial charge on any atom is -0.494 e. The van der Waals surface area contributed by atoms with Gasteiger partial charge in [-0.1, -0.05) is 24.3 Å². The summed E-state index contributed by atoms with van der Waals surface area (Å²) >= 11 is 0. The summed E-state index contributed by atoms with van der Waals surface area (Å²) in [5, 5.41) is 14.7. The van der Waals surface area contributed by atoms with Gasteiger partial charge in [0.25, 0.3) is 5.91 Å². The van der Waals surface area contributed by atoms with Gasteiger partial charge in [-0.3, -0.25) is 14.4 Å². The van der Waals surface area contributed by atoms with E-state index in [1.54, 1.807) is 60.7 Å². The molecule has 8 nitrogen and oxygen atoms in total. The molecule has 0 aliphatic carbocycles. The Morgan fingerprint density at radius 1 is 0.771 bits per heavy atom. The normalized spacial score (nSPS) is 10.3. The lowest BCUT2D eigenvalue weighted by Crippen LogP contribution is -2.19. The van der Waals surface area contributed by atoms with Gasteiger partial charge in [-0.2, -0.15) is 0 Å². The largest absolute Gasteiger partial charge is 0.494 e. The van der Waals surface area contributed by atoms with Crippen molar-refractivity contribution in [2.24, 2.45) is 0 Å². The SMILES string of the molecule is CC(=O)c1ccc(OCCCCC(=O)Nc2ccccc2C(=O)Nc2ccccc2C(=O)O)cc1. The number of aromatic carboxylic acids is 1. The van der Waals surface area contributed by atoms with Gasteiger partial charge in [0.1, 0.15) is 5.75 Å². The number of carboxylic acids is 1. The highest BCUT2D eigenvalue weighted by molar-refractivity contribution is 6.12. The maximum atomic E-state index is 12.8. The third-order valence-electron chi connectivity index (χ3n) is 5.18. The van der Waals surface area contributed by atoms with Gasteiger partial charge < -0.3 is 20.5 Å². The average Bonchev–Trinajstić information content (AvgIpc) is 2.84. The van der Waals surface area contributed by atoms with Crippen LogP contribution in [-0.2, 0) is 4.79 Å². The van der Waals surface area contributed by atoms with Crippen LogP contribution in [0, 0.1) is 0 Å². The van der Waals surface area contributed by atoms with Crippen molar-refractivity contribution in [1.82, 2.24) is 0 Å². The monoisotopic (exact) mass is 474 g/mol. The van der Waals surface area contributed by atoms with Gasteiger partial charge in [-0.15, -0.1) is 0 Å². The standard InChI is InChI=1S/C27H26N2O6/c1-18(30)19-13-15-20(16-14-19)35-17-7-6-12-25(31)28-23-10-4-2-8-21(23)26(32)29-24-11-5-3-9-22(24)27(33)34/h2-5,8-11,13-16H,6-7,12,17H2,1H3,(H,28,31)(H,29,32)(H,33,34). The van der Waals surface area contributed by atoms with Gasteiger partial charge in [-0.25, -0.2) is 4.79 Å². The number of nitrogens with one attached hydrogen (secondary N) is 2. The summed E-state index contributed by atoms with van der Waals surface area (Å²) in [6.45, 7) is 1.93. The van der Waals surface area contributed by atoms with Crippen molar-refractivity contribution < 1.29 is 29.0 Å². The molecular weight excluding hydrogens is 448 g/mol. The first-order chi connectivity index (χ1) is 16.8. The fraction of sp³-hybridized carbons (Fsp3) is 0.185. The molecule has 3 aromatic rings. The maximum Gasteiger partial charge on any atom is 0.337 e. The maximum absolute atomic E-state index is 12.8. The topological polar surface area (TPSA) is 122 Å². The van der Waals surface area contributed by atoms with Crippen LogP contribution in [0.2, 0.25) is 0 Å². The van der Waals surface area contributed by atoms with Crippen molar-refractivity contribution in [3.05, 3.63) is 89.5 Å². The summed E-state index contributed by atoms with van der Waals surface area (Å²) < 4.78 is 5.64. The number of hydrogen-bond donors (Lipinski definition) is 3. The van der Waals surface area contributed by atoms with Crippen LogP contribution in [0.3, 0.4) is 0 Å². The van der Waals surface area contributed by atoms with Gasteiger partial charge >= 0.3 is 5.97 Å². The molecule has 3 aromatic carbocycles. The number of benzene rings is 3. The van der Waals surface area contributed by atoms with Crippen LogP contribution in [0.1, 0.15) is 57.3 Å². The van der Waals surface area contributed by atoms with E-state index in [0.29, 0.717) is 36.4 Å². The molecule has 3 rings (SSSR count). The Labute approximate surface area is 202 Å². The first-order valence-electron chi connectivity index (χ1n) is 11.1. The molecule has 0 saturated heterocycles. The highest BCUT2D eigenvalue weighted by atomic mass is 16.5. The molecule has 0 bridgehead atoms. The quantitative estimate of drug-likeness (QED) is 0.265. The predicted octanol–water partition coefficient (Wildman–Crippen LogP) is 5.03. The minimum atomic E-state index is -1.15. The van der Waals surface area contributed by atoms with Crippen LogP contribution in [-0.4, -0.2) is 35.3 Å². The number of ether oxygens (including phenoxy) is 1. The van der Waals surface area contributed by atoms with E-state index in [-0.39, 0.29) is 34.9 Å². The number of rotatable bonds is 11. The molecule has 0 aliphatic heterocycles. The summed E-state index contributed by atoms with van der Waals surface area (Å²) in [4.78, 5) is 47.9. The van der Waals surface area contributed by atoms with Crippen LogP contribution in [0.25, 0.3) is 0 Å². The molecule has 0 spiro atoms. The number of Topliss-reactive ketones (excluding diaryl/α,β-unsaturated/α-hetero) is 1. The number of amides is 2. The van der Waals surface area contributed by atoms with Crippen LogP contribution in [0.15, 0.2) is 72.8 Å². The number of para-hydroxylation sites is 2. The number of carboxylic acid groups (broad SMARTS) is 1. The van der Waals surface area contributed by atoms with Crippen molar-refractivity contribution in [3.8, 4) is 5.75 Å². The summed E-state index contributed by atoms with van der Waals surface area (Å²) in [6, 6.07) is 19.5. The smallest absolute Gasteiger partial charge is 0.337 e. The Bertz CT molecular complexity index is 1220. The zero-order valence-electron chi connectivity index (χ0n) is 19.2. The van der Waals surface area contributed by atoms with E-state index in [0.717, 1.165) is 0 Å². The van der Waals surface area contributed by atoms with E-state index in [2.05, 4.69) is 10.6 Å². The molecule has 0 saturated carbocycles. The summed E-state index contributed by atoms with van der Waals surface area (Å²) in [7, 11) is 0. The zero-order valence-corrected chi connectivity index (χ0v) is 19.2. The molecule has 0 fully saturated rings. The van der Waals surface area contributed by atoms with Gasteiger partial charge in [0.15, 0.2) is 5.78 Å². The highest BCUT2D eigenvalue weighted by Crippen LogP contribution is 2.20. The molecule has 0 radical (unpaired) electrons. The lowest BCUT2D eigenvalue weighted by atomic mass is 10.1. The first-order valence-corrected chi connectivity index (χ1v) is 11.1. The fourth-order valence-electron chi connectivity index (χ4n) is 3.33. The van der Waals surface area contributed by atoms with Crippen molar-refractivity contribution in [2.75, 3.05) is 17.2 Å². The van der Waals surface area contributed by atoms with Crippen molar-refractivity contribution in [3.63, 3.8) is 0 Å². The minimum absolute atomic E-state index is 0.00769. The molecule has 0 unspecified atom stereocenters. The Kier molecular flexibility index (Phi) is 8.72. The Morgan fingerprint density at radius 3 is 2.00 bits per heavy atom. The second-order valence-corrected chi connectivity index (χ2v) is 7.78. The third kappa shape index (κ3) is 7.26. The zero-order chi connectivity index (χ0) is 25.2. The van der Waals surface area contributed by atoms with E-state index in [4.69, 9.17) is 4.74 Å². The molecule has 35 heavy (non-hydrogen) atoms. The average molecular weight is 475 g/mol. The molecule has 3 N–H and O–H groups in total. The number of hydrogen-bond acceptors (Lipinski definition) is 5. The molecule has 8 heteroatoms. The Morgan fingerprint density at radius 2 is 1.37 bits per heavy atom. The molecule has 0 aromatic heterocycles. The number of ketones is 1. The molecule has 2 amide bonds.